The van der Waals surface area contributed by atoms with Crippen LogP contribution in [0.25, 0.3) is 152 Å². The minimum atomic E-state index is 0.00196. The highest BCUT2D eigenvalue weighted by Crippen LogP contribution is 2.41. The van der Waals surface area contributed by atoms with Gasteiger partial charge in [0.05, 0.1) is 0 Å². The Morgan fingerprint density at radius 2 is 0.420 bits per heavy atom. The lowest BCUT2D eigenvalue weighted by Crippen LogP contribution is -2.10. The van der Waals surface area contributed by atoms with E-state index in [4.69, 9.17) is 0 Å². The molecule has 0 fully saturated rings. The zero-order valence-corrected chi connectivity index (χ0v) is 68.5. The van der Waals surface area contributed by atoms with Gasteiger partial charge in [0.25, 0.3) is 0 Å². The molecule has 0 saturated carbocycles. The van der Waals surface area contributed by atoms with E-state index >= 15 is 0 Å². The zero-order chi connectivity index (χ0) is 77.3. The molecule has 2 nitrogen and oxygen atoms in total. The quantitative estimate of drug-likeness (QED) is 0.175. The molecule has 0 unspecified atom stereocenters. The summed E-state index contributed by atoms with van der Waals surface area (Å²) in [6.45, 7) is 13.5. The van der Waals surface area contributed by atoms with E-state index in [2.05, 4.69) is 406 Å². The van der Waals surface area contributed by atoms with Gasteiger partial charge in [0.15, 0.2) is 0 Å². The lowest BCUT2D eigenvalue weighted by molar-refractivity contribution is 0.590. The summed E-state index contributed by atoms with van der Waals surface area (Å²) in [5.74, 6) is 0. The van der Waals surface area contributed by atoms with Crippen molar-refractivity contribution in [3.05, 3.63) is 418 Å². The van der Waals surface area contributed by atoms with E-state index in [-0.39, 0.29) is 10.8 Å². The summed E-state index contributed by atoms with van der Waals surface area (Å²) in [5, 5.41) is 18.4. The van der Waals surface area contributed by atoms with Crippen molar-refractivity contribution in [1.82, 2.24) is 9.97 Å². The van der Waals surface area contributed by atoms with Gasteiger partial charge in [0.1, 0.15) is 0 Å². The fraction of sp³-hybridized carbons (Fsp3) is 0.0755. The summed E-state index contributed by atoms with van der Waals surface area (Å²) in [6.07, 6.45) is 7.42. The largest absolute Gasteiger partial charge is 0.265 e. The lowest BCUT2D eigenvalue weighted by Gasteiger charge is -2.19. The van der Waals surface area contributed by atoms with Crippen LogP contribution in [0.4, 0.5) is 0 Å². The number of benzene rings is 12. The van der Waals surface area contributed by atoms with Gasteiger partial charge in [0.2, 0.25) is 0 Å². The topological polar surface area (TPSA) is 25.8 Å². The van der Waals surface area contributed by atoms with E-state index < -0.39 is 0 Å². The summed E-state index contributed by atoms with van der Waals surface area (Å²) in [4.78, 5) is 8.90. The van der Waals surface area contributed by atoms with Gasteiger partial charge in [-0.3, -0.25) is 9.97 Å². The maximum Gasteiger partial charge on any atom is 0.0279 e. The molecule has 0 aliphatic rings. The number of nitrogens with zero attached hydrogens (tertiary/aromatic N) is 2. The molecule has 0 radical (unpaired) electrons. The second-order valence-corrected chi connectivity index (χ2v) is 32.9. The Morgan fingerprint density at radius 3 is 0.643 bits per heavy atom. The Bertz CT molecular complexity index is 5950. The van der Waals surface area contributed by atoms with Crippen molar-refractivity contribution in [3.8, 4) is 44.5 Å². The van der Waals surface area contributed by atoms with E-state index in [0.717, 1.165) is 170 Å². The number of hydrogen-bond acceptors (Lipinski definition) is 2. The van der Waals surface area contributed by atoms with Crippen LogP contribution in [0.3, 0.4) is 0 Å². The Labute approximate surface area is 690 Å². The molecule has 0 spiro atoms. The van der Waals surface area contributed by atoms with Gasteiger partial charge in [-0.05, 0) is 304 Å². The minimum Gasteiger partial charge on any atom is -0.265 e. The van der Waals surface area contributed by atoms with Crippen LogP contribution < -0.4 is 0 Å². The fourth-order valence-electron chi connectivity index (χ4n) is 13.4. The van der Waals surface area contributed by atoms with Crippen molar-refractivity contribution < 1.29 is 0 Å². The Morgan fingerprint density at radius 1 is 0.205 bits per heavy atom. The van der Waals surface area contributed by atoms with Crippen molar-refractivity contribution in [2.45, 2.75) is 52.4 Å². The molecular formula is C106H66Br4N2. The highest BCUT2D eigenvalue weighted by molar-refractivity contribution is 9.11. The first-order chi connectivity index (χ1) is 54.3. The first-order valence-electron chi connectivity index (χ1n) is 36.4. The van der Waals surface area contributed by atoms with E-state index in [1.807, 2.05) is 97.6 Å². The molecule has 0 aliphatic carbocycles. The fourth-order valence-corrected chi connectivity index (χ4v) is 15.3. The normalized spacial score (nSPS) is 10.7. The van der Waals surface area contributed by atoms with Gasteiger partial charge in [-0.2, -0.15) is 0 Å². The van der Waals surface area contributed by atoms with Crippen LogP contribution in [0.15, 0.2) is 310 Å². The van der Waals surface area contributed by atoms with Gasteiger partial charge < -0.3 is 0 Å². The van der Waals surface area contributed by atoms with Crippen LogP contribution in [0.1, 0.15) is 52.7 Å². The predicted octanol–water partition coefficient (Wildman–Crippen LogP) is 29.6. The molecular weight excluding hydrogens is 1620 g/mol. The smallest absolute Gasteiger partial charge is 0.0279 e. The second kappa shape index (κ2) is 33.3. The average molecular weight is 1690 g/mol. The van der Waals surface area contributed by atoms with Gasteiger partial charge >= 0.3 is 0 Å². The van der Waals surface area contributed by atoms with Gasteiger partial charge in [-0.15, -0.1) is 0 Å². The molecule has 0 atom stereocenters. The van der Waals surface area contributed by atoms with Crippen molar-refractivity contribution >= 4 is 171 Å². The minimum absolute atomic E-state index is 0.00196. The third-order valence-corrected chi connectivity index (χ3v) is 20.9. The van der Waals surface area contributed by atoms with Gasteiger partial charge in [-0.25, -0.2) is 0 Å². The Balaban J connectivity index is 0.878. The zero-order valence-electron chi connectivity index (χ0n) is 62.1. The van der Waals surface area contributed by atoms with E-state index in [0.29, 0.717) is 0 Å². The second-order valence-electron chi connectivity index (χ2n) is 29.2. The summed E-state index contributed by atoms with van der Waals surface area (Å²) >= 11 is 14.9. The molecule has 2 heterocycles. The summed E-state index contributed by atoms with van der Waals surface area (Å²) in [5.41, 5.74) is 11.2. The Kier molecular flexibility index (Phi) is 22.2. The standard InChI is InChI=1S/C106H66Br4N2/c1-105(2,3)93-43-39-83(40-44-93)91-67-99-85-31-23-71(24-32-85)15-19-79-55-75(59-95(107)63-79)11-7-9-13-77-57-81(65-97(109)61-77)21-17-73-27-35-87(36-28-73)101-69-92(84-41-45-94(46-42-84)106(4,5)6)70-102(104(101)90-49-53-112-54-50-90)88-37-29-74(30-38-88)18-22-82-58-78(62-98(110)66-82)14-10-8-12-76-56-80(64-96(108)60-76)20-16-72-25-33-86(34-26-72)100(68-91)103(99)89-47-51-111-52-48-89/h23-70H,1-6H3. The van der Waals surface area contributed by atoms with Gasteiger partial charge in [-0.1, -0.05) is 275 Å². The lowest BCUT2D eigenvalue weighted by atomic mass is 9.85. The molecule has 528 valence electrons. The average Bonchev–Trinajstić information content (AvgIpc) is 0.764. The SMILES string of the molecule is CC(C)(C)c1ccc(-c2cc3c(-c4ccncc4)c(c2)c2ccc(c#cc4cc(Br)cc(c#cc#cc5cc(Br)cc(c#cc6ccc(cc6)c6cc(-c7ccc(C(C)(C)C)cc7)cc(c6-c6ccncc6)c6ccc(c#cc7cc(Br)cc(c#cc#cc8cc(Br)cc(c#cc9ccc3cc9)c8)c7)cc6)c5)c4)cc2)cc1. The number of pyridine rings is 2. The molecule has 2 aromatic heterocycles. The molecule has 0 N–H and O–H groups in total. The molecule has 21 rings (SSSR count). The Hall–Kier alpha value is -12.7. The number of rotatable bonds is 4. The first-order valence-corrected chi connectivity index (χ1v) is 39.6. The molecule has 0 amide bonds. The van der Waals surface area contributed by atoms with Crippen molar-refractivity contribution in [3.63, 3.8) is 0 Å². The van der Waals surface area contributed by atoms with E-state index in [9.17, 15) is 0 Å². The summed E-state index contributed by atoms with van der Waals surface area (Å²) in [6, 6.07) is 146. The molecule has 19 aromatic carbocycles. The maximum atomic E-state index is 4.45. The third kappa shape index (κ3) is 18.4. The third-order valence-electron chi connectivity index (χ3n) is 19.1. The summed E-state index contributed by atoms with van der Waals surface area (Å²) in [7, 11) is 0. The van der Waals surface area contributed by atoms with Crippen molar-refractivity contribution in [2.24, 2.45) is 0 Å². The molecule has 6 heteroatoms. The van der Waals surface area contributed by atoms with Crippen LogP contribution in [0.5, 0.6) is 0 Å². The predicted molar refractivity (Wildman–Crippen MR) is 481 cm³/mol. The first kappa shape index (κ1) is 74.8. The number of aromatic nitrogens is 2. The highest BCUT2D eigenvalue weighted by Gasteiger charge is 2.18. The van der Waals surface area contributed by atoms with Crippen LogP contribution in [0, 0.1) is 97.1 Å². The van der Waals surface area contributed by atoms with Crippen LogP contribution in [0.2, 0.25) is 0 Å². The van der Waals surface area contributed by atoms with Crippen LogP contribution in [-0.2, 0) is 10.8 Å². The van der Waals surface area contributed by atoms with Crippen molar-refractivity contribution in [1.29, 1.82) is 0 Å². The molecule has 0 aliphatic heterocycles. The summed E-state index contributed by atoms with van der Waals surface area (Å²) < 4.78 is 3.46. The number of halogens is 4. The molecule has 112 heavy (non-hydrogen) atoms. The highest BCUT2D eigenvalue weighted by atomic mass is 79.9. The van der Waals surface area contributed by atoms with Crippen LogP contribution >= 0.6 is 63.7 Å². The van der Waals surface area contributed by atoms with Crippen molar-refractivity contribution in [2.75, 3.05) is 0 Å². The van der Waals surface area contributed by atoms with Gasteiger partial charge in [0, 0.05) is 107 Å². The van der Waals surface area contributed by atoms with Crippen LogP contribution in [-0.4, -0.2) is 9.97 Å². The maximum absolute atomic E-state index is 4.45. The molecule has 0 saturated heterocycles. The van der Waals surface area contributed by atoms with E-state index in [1.54, 1.807) is 0 Å². The monoisotopic (exact) mass is 1680 g/mol. The molecule has 20 bridgehead atoms. The number of hydrogen-bond donors (Lipinski definition) is 0. The van der Waals surface area contributed by atoms with E-state index in [1.165, 1.54) is 11.1 Å². The molecule has 21 aromatic rings.